The average Bonchev–Trinajstić information content (AvgIpc) is 3.06. The minimum atomic E-state index is -0.537. The minimum Gasteiger partial charge on any atom is -0.411 e. The Bertz CT molecular complexity index is 1050. The summed E-state index contributed by atoms with van der Waals surface area (Å²) in [6.07, 6.45) is 3.79. The molecule has 10 heteroatoms. The summed E-state index contributed by atoms with van der Waals surface area (Å²) in [6.45, 7) is 2.88. The van der Waals surface area contributed by atoms with Crippen molar-refractivity contribution in [1.29, 1.82) is 0 Å². The van der Waals surface area contributed by atoms with Crippen LogP contribution in [0.2, 0.25) is 5.02 Å². The zero-order chi connectivity index (χ0) is 22.8. The van der Waals surface area contributed by atoms with E-state index in [0.717, 1.165) is 5.70 Å². The second-order valence-corrected chi connectivity index (χ2v) is 8.42. The van der Waals surface area contributed by atoms with Gasteiger partial charge in [0.25, 0.3) is 11.8 Å². The van der Waals surface area contributed by atoms with Crippen molar-refractivity contribution in [2.24, 2.45) is 0 Å². The number of hydrogen-bond acceptors (Lipinski definition) is 6. The molecule has 0 radical (unpaired) electrons. The highest BCUT2D eigenvalue weighted by Crippen LogP contribution is 2.36. The molecule has 1 atom stereocenters. The summed E-state index contributed by atoms with van der Waals surface area (Å²) in [5, 5.41) is 3.18. The number of thiol groups is 1. The molecule has 0 unspecified atom stereocenters. The number of amides is 3. The lowest BCUT2D eigenvalue weighted by molar-refractivity contribution is -0.140. The van der Waals surface area contributed by atoms with E-state index < -0.39 is 12.1 Å². The lowest BCUT2D eigenvalue weighted by Gasteiger charge is -2.33. The van der Waals surface area contributed by atoms with Crippen molar-refractivity contribution in [1.82, 2.24) is 15.1 Å². The number of cyclic esters (lactones) is 1. The van der Waals surface area contributed by atoms with E-state index in [1.165, 1.54) is 11.1 Å². The van der Waals surface area contributed by atoms with Gasteiger partial charge in [-0.1, -0.05) is 11.6 Å². The Hall–Kier alpha value is -2.75. The van der Waals surface area contributed by atoms with Gasteiger partial charge < -0.3 is 19.7 Å². The zero-order valence-corrected chi connectivity index (χ0v) is 19.0. The standard InChI is InChI=1S/C22H22ClN3O5S/c1-13-18(11-24-21(28)14-2-4-15(23)5-3-14)31-22(29)26(13)17-7-6-16(10-19(17)32)25-8-9-30-12-20(25)27/h2-5,10-11,13,32H,6-9,12H2,1H3,(H,24,28)/b18-11-/t13-/m0/s1. The van der Waals surface area contributed by atoms with Crippen LogP contribution in [-0.2, 0) is 14.3 Å². The van der Waals surface area contributed by atoms with Crippen molar-refractivity contribution >= 4 is 42.1 Å². The molecule has 1 aliphatic carbocycles. The highest BCUT2D eigenvalue weighted by Gasteiger charge is 2.39. The molecular formula is C22H22ClN3O5S. The summed E-state index contributed by atoms with van der Waals surface area (Å²) in [6, 6.07) is 6.04. The number of nitrogens with zero attached hydrogens (tertiary/aromatic N) is 2. The normalized spacial score (nSPS) is 22.9. The molecule has 8 nitrogen and oxygen atoms in total. The van der Waals surface area contributed by atoms with Gasteiger partial charge in [0.2, 0.25) is 0 Å². The van der Waals surface area contributed by atoms with Crippen LogP contribution >= 0.6 is 24.2 Å². The molecule has 2 aliphatic heterocycles. The average molecular weight is 476 g/mol. The Morgan fingerprint density at radius 2 is 2.00 bits per heavy atom. The number of halogens is 1. The molecule has 0 saturated carbocycles. The summed E-state index contributed by atoms with van der Waals surface area (Å²) >= 11 is 10.4. The van der Waals surface area contributed by atoms with Crippen LogP contribution in [0.5, 0.6) is 0 Å². The molecule has 3 aliphatic rings. The highest BCUT2D eigenvalue weighted by molar-refractivity contribution is 7.84. The van der Waals surface area contributed by atoms with Gasteiger partial charge >= 0.3 is 6.09 Å². The summed E-state index contributed by atoms with van der Waals surface area (Å²) in [4.78, 5) is 40.9. The van der Waals surface area contributed by atoms with Crippen molar-refractivity contribution in [2.75, 3.05) is 19.8 Å². The van der Waals surface area contributed by atoms with Crippen LogP contribution in [0.3, 0.4) is 0 Å². The molecule has 0 spiro atoms. The molecule has 1 N–H and O–H groups in total. The molecule has 0 bridgehead atoms. The van der Waals surface area contributed by atoms with E-state index in [1.54, 1.807) is 29.2 Å². The van der Waals surface area contributed by atoms with Crippen molar-refractivity contribution < 1.29 is 23.9 Å². The van der Waals surface area contributed by atoms with E-state index in [0.29, 0.717) is 52.9 Å². The minimum absolute atomic E-state index is 0.0706. The van der Waals surface area contributed by atoms with Crippen LogP contribution in [0.4, 0.5) is 4.79 Å². The maximum absolute atomic E-state index is 12.6. The quantitative estimate of drug-likeness (QED) is 0.651. The van der Waals surface area contributed by atoms with Crippen LogP contribution in [0.1, 0.15) is 30.1 Å². The number of ether oxygens (including phenoxy) is 2. The first-order valence-corrected chi connectivity index (χ1v) is 11.0. The van der Waals surface area contributed by atoms with Gasteiger partial charge in [0, 0.05) is 39.6 Å². The Morgan fingerprint density at radius 3 is 2.69 bits per heavy atom. The van der Waals surface area contributed by atoms with E-state index in [1.807, 2.05) is 13.0 Å². The second-order valence-electron chi connectivity index (χ2n) is 7.51. The predicted molar refractivity (Wildman–Crippen MR) is 121 cm³/mol. The molecule has 32 heavy (non-hydrogen) atoms. The Kier molecular flexibility index (Phi) is 6.59. The maximum Gasteiger partial charge on any atom is 0.420 e. The van der Waals surface area contributed by atoms with Crippen molar-refractivity contribution in [3.8, 4) is 0 Å². The van der Waals surface area contributed by atoms with Crippen LogP contribution in [0.15, 0.2) is 58.6 Å². The fourth-order valence-corrected chi connectivity index (χ4v) is 4.30. The number of carbonyl (C=O) groups excluding carboxylic acids is 3. The number of allylic oxidation sites excluding steroid dienone is 3. The van der Waals surface area contributed by atoms with E-state index in [2.05, 4.69) is 17.9 Å². The summed E-state index contributed by atoms with van der Waals surface area (Å²) in [7, 11) is 0. The largest absolute Gasteiger partial charge is 0.420 e. The molecule has 168 valence electrons. The van der Waals surface area contributed by atoms with Crippen molar-refractivity contribution in [3.05, 3.63) is 69.2 Å². The third-order valence-corrected chi connectivity index (χ3v) is 6.13. The summed E-state index contributed by atoms with van der Waals surface area (Å²) < 4.78 is 10.6. The number of hydrogen-bond donors (Lipinski definition) is 2. The smallest absolute Gasteiger partial charge is 0.411 e. The summed E-state index contributed by atoms with van der Waals surface area (Å²) in [5.41, 5.74) is 2.00. The molecule has 4 rings (SSSR count). The van der Waals surface area contributed by atoms with Gasteiger partial charge in [0.15, 0.2) is 0 Å². The number of benzene rings is 1. The fraction of sp³-hybridized carbons (Fsp3) is 0.318. The molecule has 0 aromatic heterocycles. The number of carbonyl (C=O) groups is 3. The Balaban J connectivity index is 1.48. The monoisotopic (exact) mass is 475 g/mol. The molecule has 1 aromatic rings. The fourth-order valence-electron chi connectivity index (χ4n) is 3.80. The molecule has 3 amide bonds. The molecule has 2 fully saturated rings. The van der Waals surface area contributed by atoms with Crippen LogP contribution in [0, 0.1) is 0 Å². The first-order valence-electron chi connectivity index (χ1n) is 10.1. The molecular weight excluding hydrogens is 454 g/mol. The van der Waals surface area contributed by atoms with Gasteiger partial charge in [-0.15, -0.1) is 12.6 Å². The van der Waals surface area contributed by atoms with Crippen LogP contribution < -0.4 is 5.32 Å². The third-order valence-electron chi connectivity index (χ3n) is 5.49. The topological polar surface area (TPSA) is 88.2 Å². The highest BCUT2D eigenvalue weighted by atomic mass is 35.5. The first kappa shape index (κ1) is 22.4. The third kappa shape index (κ3) is 4.55. The molecule has 2 heterocycles. The van der Waals surface area contributed by atoms with E-state index in [-0.39, 0.29) is 18.4 Å². The predicted octanol–water partition coefficient (Wildman–Crippen LogP) is 3.43. The van der Waals surface area contributed by atoms with Gasteiger partial charge in [0.1, 0.15) is 12.4 Å². The van der Waals surface area contributed by atoms with Gasteiger partial charge in [-0.05, 0) is 50.1 Å². The number of morpholine rings is 1. The lowest BCUT2D eigenvalue weighted by atomic mass is 10.0. The first-order chi connectivity index (χ1) is 15.3. The van der Waals surface area contributed by atoms with Gasteiger partial charge in [-0.25, -0.2) is 4.79 Å². The van der Waals surface area contributed by atoms with Crippen LogP contribution in [-0.4, -0.2) is 53.5 Å². The molecule has 2 saturated heterocycles. The SMILES string of the molecule is C[C@H]1/C(=C/NC(=O)c2ccc(Cl)cc2)OC(=O)N1C1=C(S)C=C(N2CCOCC2=O)CC1. The Morgan fingerprint density at radius 1 is 1.25 bits per heavy atom. The van der Waals surface area contributed by atoms with Crippen LogP contribution in [0.25, 0.3) is 0 Å². The van der Waals surface area contributed by atoms with E-state index in [4.69, 9.17) is 21.1 Å². The van der Waals surface area contributed by atoms with E-state index >= 15 is 0 Å². The number of nitrogens with one attached hydrogen (secondary N) is 1. The van der Waals surface area contributed by atoms with Gasteiger partial charge in [-0.2, -0.15) is 0 Å². The maximum atomic E-state index is 12.6. The van der Waals surface area contributed by atoms with Gasteiger partial charge in [0.05, 0.1) is 12.6 Å². The zero-order valence-electron chi connectivity index (χ0n) is 17.3. The summed E-state index contributed by atoms with van der Waals surface area (Å²) in [5.74, 6) is -0.0999. The molecule has 1 aromatic carbocycles. The lowest BCUT2D eigenvalue weighted by Crippen LogP contribution is -2.41. The van der Waals surface area contributed by atoms with Crippen molar-refractivity contribution in [2.45, 2.75) is 25.8 Å². The van der Waals surface area contributed by atoms with E-state index in [9.17, 15) is 14.4 Å². The van der Waals surface area contributed by atoms with Gasteiger partial charge in [-0.3, -0.25) is 14.5 Å². The number of rotatable bonds is 4. The second kappa shape index (κ2) is 9.40. The Labute approximate surface area is 195 Å². The van der Waals surface area contributed by atoms with Crippen molar-refractivity contribution in [3.63, 3.8) is 0 Å².